The molecule has 0 aliphatic rings. The summed E-state index contributed by atoms with van der Waals surface area (Å²) in [5, 5.41) is 18.7. The number of hydrogen-bond donors (Lipinski definition) is 0. The summed E-state index contributed by atoms with van der Waals surface area (Å²) < 4.78 is 0. The normalized spacial score (nSPS) is 6.50. The molecule has 0 aromatic carbocycles. The van der Waals surface area contributed by atoms with Crippen molar-refractivity contribution >= 4 is 20.6 Å². The zero-order valence-corrected chi connectivity index (χ0v) is 4.34. The predicted molar refractivity (Wildman–Crippen MR) is 26.0 cm³/mol. The van der Waals surface area contributed by atoms with Crippen molar-refractivity contribution in [1.29, 1.82) is 10.5 Å². The van der Waals surface area contributed by atoms with Gasteiger partial charge in [0.15, 0.2) is 10.8 Å². The molecule has 0 fully saturated rings. The topological polar surface area (TPSA) is 47.6 Å². The van der Waals surface area contributed by atoms with Gasteiger partial charge in [0.2, 0.25) is 0 Å². The van der Waals surface area contributed by atoms with Gasteiger partial charge in [0, 0.05) is 0 Å². The third-order valence-electron chi connectivity index (χ3n) is 0.166. The second-order valence-corrected chi connectivity index (χ2v) is 2.35. The van der Waals surface area contributed by atoms with Gasteiger partial charge >= 0.3 is 0 Å². The maximum atomic E-state index is 7.77. The van der Waals surface area contributed by atoms with Crippen LogP contribution in [-0.4, -0.2) is 0 Å². The number of nitrogens with zero attached hydrogens (tertiary/aromatic N) is 2. The van der Waals surface area contributed by atoms with Crippen molar-refractivity contribution in [2.45, 2.75) is 0 Å². The molecule has 0 aromatic heterocycles. The number of nitriles is 2. The van der Waals surface area contributed by atoms with Gasteiger partial charge in [-0.2, -0.15) is 10.5 Å². The molecule has 0 aromatic rings. The van der Waals surface area contributed by atoms with Crippen molar-refractivity contribution in [1.82, 2.24) is 0 Å². The van der Waals surface area contributed by atoms with Crippen LogP contribution >= 0.6 is 0 Å². The van der Waals surface area contributed by atoms with Gasteiger partial charge in [-0.1, -0.05) is 0 Å². The first-order chi connectivity index (χ1) is 2.81. The molecule has 0 N–H and O–H groups in total. The summed E-state index contributed by atoms with van der Waals surface area (Å²) in [6, 6.07) is 0. The fourth-order valence-electron chi connectivity index (χ4n) is 0.0204. The molecule has 0 radical (unpaired) electrons. The summed E-state index contributed by atoms with van der Waals surface area (Å²) in [6.45, 7) is 0. The molecule has 0 saturated heterocycles. The van der Waals surface area contributed by atoms with Crippen molar-refractivity contribution in [3.05, 3.63) is 0 Å². The standard InChI is InChI=1S/C2N2S2/c3-1-6(5)2-4. The van der Waals surface area contributed by atoms with E-state index in [4.69, 9.17) is 10.5 Å². The van der Waals surface area contributed by atoms with Gasteiger partial charge in [-0.05, 0) is 11.2 Å². The smallest absolute Gasteiger partial charge is 0.152 e. The molecule has 4 heteroatoms. The zero-order valence-electron chi connectivity index (χ0n) is 2.71. The molecule has 0 heterocycles. The average molecular weight is 116 g/mol. The predicted octanol–water partition coefficient (Wildman–Crippen LogP) is 0.0288. The van der Waals surface area contributed by atoms with Gasteiger partial charge in [-0.25, -0.2) is 0 Å². The van der Waals surface area contributed by atoms with E-state index in [1.54, 1.807) is 10.8 Å². The Morgan fingerprint density at radius 2 is 1.67 bits per heavy atom. The lowest BCUT2D eigenvalue weighted by atomic mass is 11.8. The van der Waals surface area contributed by atoms with Gasteiger partial charge in [0.05, 0.1) is 9.45 Å². The lowest BCUT2D eigenvalue weighted by Gasteiger charge is -1.58. The first-order valence-electron chi connectivity index (χ1n) is 1.02. The van der Waals surface area contributed by atoms with Crippen LogP contribution in [0, 0.1) is 21.3 Å². The van der Waals surface area contributed by atoms with Crippen LogP contribution in [0.2, 0.25) is 0 Å². The molecule has 2 nitrogen and oxygen atoms in total. The minimum Gasteiger partial charge on any atom is -0.184 e. The monoisotopic (exact) mass is 116 g/mol. The quantitative estimate of drug-likeness (QED) is 0.419. The van der Waals surface area contributed by atoms with E-state index < -0.39 is 9.45 Å². The highest BCUT2D eigenvalue weighted by atomic mass is 32.8. The van der Waals surface area contributed by atoms with Crippen molar-refractivity contribution in [2.75, 3.05) is 0 Å². The molecule has 0 aliphatic carbocycles. The minimum atomic E-state index is -1.09. The van der Waals surface area contributed by atoms with Crippen LogP contribution in [0.25, 0.3) is 0 Å². The van der Waals surface area contributed by atoms with Gasteiger partial charge in [0.1, 0.15) is 0 Å². The number of thiocyanates is 2. The Labute approximate surface area is 42.6 Å². The summed E-state index contributed by atoms with van der Waals surface area (Å²) in [4.78, 5) is 0. The van der Waals surface area contributed by atoms with Gasteiger partial charge in [-0.3, -0.25) is 0 Å². The average Bonchev–Trinajstić information content (AvgIpc) is 1.65. The minimum absolute atomic E-state index is 1.09. The fraction of sp³-hybridized carbons (Fsp3) is 0. The van der Waals surface area contributed by atoms with Crippen LogP contribution in [0.3, 0.4) is 0 Å². The lowest BCUT2D eigenvalue weighted by Crippen LogP contribution is -1.66. The summed E-state index contributed by atoms with van der Waals surface area (Å²) >= 11 is 4.25. The Bertz CT molecular complexity index is 121. The SMILES string of the molecule is N#CS(=S)C#N. The summed E-state index contributed by atoms with van der Waals surface area (Å²) in [7, 11) is -1.09. The van der Waals surface area contributed by atoms with Crippen LogP contribution in [-0.2, 0) is 20.6 Å². The number of rotatable bonds is 0. The van der Waals surface area contributed by atoms with E-state index in [0.717, 1.165) is 0 Å². The third kappa shape index (κ3) is 1.83. The molecule has 6 heavy (non-hydrogen) atoms. The largest absolute Gasteiger partial charge is 0.184 e. The highest BCUT2D eigenvalue weighted by Gasteiger charge is 1.76. The first-order valence-corrected chi connectivity index (χ1v) is 3.17. The Hall–Kier alpha value is -0.450. The first kappa shape index (κ1) is 5.55. The summed E-state index contributed by atoms with van der Waals surface area (Å²) in [6.07, 6.45) is 0. The molecule has 0 spiro atoms. The van der Waals surface area contributed by atoms with Gasteiger partial charge in [-0.15, -0.1) is 0 Å². The van der Waals surface area contributed by atoms with Crippen molar-refractivity contribution < 1.29 is 0 Å². The summed E-state index contributed by atoms with van der Waals surface area (Å²) in [5.74, 6) is 0. The Morgan fingerprint density at radius 3 is 1.67 bits per heavy atom. The van der Waals surface area contributed by atoms with E-state index in [1.807, 2.05) is 0 Å². The van der Waals surface area contributed by atoms with Crippen LogP contribution in [0.1, 0.15) is 0 Å². The van der Waals surface area contributed by atoms with Crippen molar-refractivity contribution in [2.24, 2.45) is 0 Å². The third-order valence-corrected chi connectivity index (χ3v) is 0.945. The molecule has 0 atom stereocenters. The van der Waals surface area contributed by atoms with E-state index in [0.29, 0.717) is 0 Å². The highest BCUT2D eigenvalue weighted by molar-refractivity contribution is 8.34. The maximum Gasteiger partial charge on any atom is 0.152 e. The molecule has 0 aliphatic heterocycles. The second kappa shape index (κ2) is 2.77. The van der Waals surface area contributed by atoms with E-state index in [-0.39, 0.29) is 0 Å². The van der Waals surface area contributed by atoms with E-state index in [2.05, 4.69) is 11.2 Å². The van der Waals surface area contributed by atoms with E-state index in [9.17, 15) is 0 Å². The van der Waals surface area contributed by atoms with E-state index in [1.165, 1.54) is 0 Å². The molecule has 30 valence electrons. The lowest BCUT2D eigenvalue weighted by molar-refractivity contribution is 1.56. The van der Waals surface area contributed by atoms with Crippen molar-refractivity contribution in [3.63, 3.8) is 0 Å². The Morgan fingerprint density at radius 1 is 1.33 bits per heavy atom. The molecule has 0 bridgehead atoms. The van der Waals surface area contributed by atoms with Crippen LogP contribution in [0.5, 0.6) is 0 Å². The van der Waals surface area contributed by atoms with Crippen molar-refractivity contribution in [3.8, 4) is 10.8 Å². The van der Waals surface area contributed by atoms with Crippen LogP contribution in [0.15, 0.2) is 0 Å². The van der Waals surface area contributed by atoms with Gasteiger partial charge < -0.3 is 0 Å². The van der Waals surface area contributed by atoms with Crippen LogP contribution < -0.4 is 0 Å². The van der Waals surface area contributed by atoms with Crippen LogP contribution in [0.4, 0.5) is 0 Å². The maximum absolute atomic E-state index is 7.77. The molecule has 0 rings (SSSR count). The summed E-state index contributed by atoms with van der Waals surface area (Å²) in [5.41, 5.74) is 0. The fourth-order valence-corrected chi connectivity index (χ4v) is 0.0612. The Kier molecular flexibility index (Phi) is 2.56. The molecular weight excluding hydrogens is 116 g/mol. The molecular formula is C2N2S2. The molecule has 0 amide bonds. The zero-order chi connectivity index (χ0) is 4.99. The molecule has 0 unspecified atom stereocenters. The number of hydrogen-bond acceptors (Lipinski definition) is 3. The van der Waals surface area contributed by atoms with E-state index >= 15 is 0 Å². The van der Waals surface area contributed by atoms with Gasteiger partial charge in [0.25, 0.3) is 0 Å². The second-order valence-electron chi connectivity index (χ2n) is 0.451. The Balaban J connectivity index is 3.75. The molecule has 0 saturated carbocycles. The highest BCUT2D eigenvalue weighted by Crippen LogP contribution is 1.67.